The molecular formula is C15H13BrF2O3. The smallest absolute Gasteiger partial charge is 0.164 e. The largest absolute Gasteiger partial charge is 0.493 e. The van der Waals surface area contributed by atoms with Gasteiger partial charge in [-0.05, 0) is 18.2 Å². The summed E-state index contributed by atoms with van der Waals surface area (Å²) >= 11 is 3.28. The summed E-state index contributed by atoms with van der Waals surface area (Å²) in [6.45, 7) is 0. The lowest BCUT2D eigenvalue weighted by Crippen LogP contribution is -2.06. The number of ether oxygens (including phenoxy) is 2. The highest BCUT2D eigenvalue weighted by atomic mass is 79.9. The molecule has 6 heteroatoms. The predicted octanol–water partition coefficient (Wildman–Crippen LogP) is 3.83. The van der Waals surface area contributed by atoms with Crippen molar-refractivity contribution in [3.8, 4) is 11.5 Å². The molecule has 112 valence electrons. The fourth-order valence-electron chi connectivity index (χ4n) is 1.98. The van der Waals surface area contributed by atoms with Crippen LogP contribution in [-0.4, -0.2) is 19.3 Å². The van der Waals surface area contributed by atoms with Crippen LogP contribution in [0.3, 0.4) is 0 Å². The van der Waals surface area contributed by atoms with Crippen molar-refractivity contribution < 1.29 is 23.4 Å². The van der Waals surface area contributed by atoms with Gasteiger partial charge in [0.25, 0.3) is 0 Å². The Bertz CT molecular complexity index is 662. The summed E-state index contributed by atoms with van der Waals surface area (Å²) in [5.41, 5.74) is 0.195. The van der Waals surface area contributed by atoms with Crippen LogP contribution < -0.4 is 9.47 Å². The summed E-state index contributed by atoms with van der Waals surface area (Å²) in [4.78, 5) is 0. The first-order valence-electron chi connectivity index (χ1n) is 6.03. The second kappa shape index (κ2) is 6.41. The summed E-state index contributed by atoms with van der Waals surface area (Å²) < 4.78 is 37.8. The zero-order valence-corrected chi connectivity index (χ0v) is 12.9. The molecule has 0 bridgehead atoms. The number of halogens is 3. The molecule has 0 aliphatic heterocycles. The molecule has 0 aliphatic rings. The van der Waals surface area contributed by atoms with E-state index in [0.29, 0.717) is 21.5 Å². The standard InChI is InChI=1S/C15H13BrF2O3/c1-20-12-6-9(10(16)7-13(12)21-2)15(19)8-4-3-5-11(17)14(8)18/h3-7,15,19H,1-2H3. The normalized spacial score (nSPS) is 12.1. The topological polar surface area (TPSA) is 38.7 Å². The Morgan fingerprint density at radius 1 is 1.05 bits per heavy atom. The van der Waals surface area contributed by atoms with E-state index in [2.05, 4.69) is 15.9 Å². The molecule has 0 heterocycles. The lowest BCUT2D eigenvalue weighted by molar-refractivity contribution is 0.211. The van der Waals surface area contributed by atoms with Gasteiger partial charge in [-0.15, -0.1) is 0 Å². The first kappa shape index (κ1) is 15.7. The molecule has 0 spiro atoms. The number of aliphatic hydroxyl groups excluding tert-OH is 1. The van der Waals surface area contributed by atoms with E-state index in [1.807, 2.05) is 0 Å². The van der Waals surface area contributed by atoms with E-state index in [1.54, 1.807) is 6.07 Å². The van der Waals surface area contributed by atoms with Crippen LogP contribution in [0, 0.1) is 11.6 Å². The van der Waals surface area contributed by atoms with Crippen LogP contribution in [0.4, 0.5) is 8.78 Å². The van der Waals surface area contributed by atoms with Gasteiger partial charge in [-0.3, -0.25) is 0 Å². The van der Waals surface area contributed by atoms with Crippen molar-refractivity contribution in [3.05, 3.63) is 57.6 Å². The van der Waals surface area contributed by atoms with E-state index in [9.17, 15) is 13.9 Å². The van der Waals surface area contributed by atoms with Gasteiger partial charge in [-0.1, -0.05) is 28.1 Å². The molecule has 1 atom stereocenters. The van der Waals surface area contributed by atoms with Crippen LogP contribution in [0.25, 0.3) is 0 Å². The lowest BCUT2D eigenvalue weighted by Gasteiger charge is -2.17. The number of rotatable bonds is 4. The Morgan fingerprint density at radius 2 is 1.67 bits per heavy atom. The van der Waals surface area contributed by atoms with Crippen LogP contribution in [0.15, 0.2) is 34.8 Å². The molecule has 0 aromatic heterocycles. The maximum atomic E-state index is 13.8. The Morgan fingerprint density at radius 3 is 2.29 bits per heavy atom. The van der Waals surface area contributed by atoms with E-state index in [0.717, 1.165) is 6.07 Å². The van der Waals surface area contributed by atoms with Crippen molar-refractivity contribution >= 4 is 15.9 Å². The molecule has 2 aromatic carbocycles. The van der Waals surface area contributed by atoms with Gasteiger partial charge >= 0.3 is 0 Å². The number of benzene rings is 2. The van der Waals surface area contributed by atoms with E-state index in [-0.39, 0.29) is 5.56 Å². The maximum Gasteiger partial charge on any atom is 0.164 e. The summed E-state index contributed by atoms with van der Waals surface area (Å²) in [6.07, 6.45) is -1.34. The van der Waals surface area contributed by atoms with Crippen molar-refractivity contribution in [2.45, 2.75) is 6.10 Å². The second-order valence-corrected chi connectivity index (χ2v) is 5.13. The van der Waals surface area contributed by atoms with Crippen LogP contribution in [0.2, 0.25) is 0 Å². The van der Waals surface area contributed by atoms with Crippen LogP contribution >= 0.6 is 15.9 Å². The zero-order chi connectivity index (χ0) is 15.6. The SMILES string of the molecule is COc1cc(Br)c(C(O)c2cccc(F)c2F)cc1OC. The third-order valence-corrected chi connectivity index (χ3v) is 3.76. The first-order valence-corrected chi connectivity index (χ1v) is 6.82. The molecule has 0 aliphatic carbocycles. The van der Waals surface area contributed by atoms with Gasteiger partial charge in [0.2, 0.25) is 0 Å². The lowest BCUT2D eigenvalue weighted by atomic mass is 10.0. The van der Waals surface area contributed by atoms with Gasteiger partial charge in [0.05, 0.1) is 14.2 Å². The van der Waals surface area contributed by atoms with Crippen molar-refractivity contribution in [3.63, 3.8) is 0 Å². The van der Waals surface area contributed by atoms with Crippen molar-refractivity contribution in [1.29, 1.82) is 0 Å². The van der Waals surface area contributed by atoms with Gasteiger partial charge < -0.3 is 14.6 Å². The number of hydrogen-bond donors (Lipinski definition) is 1. The van der Waals surface area contributed by atoms with Crippen molar-refractivity contribution in [2.24, 2.45) is 0 Å². The molecule has 1 unspecified atom stereocenters. The van der Waals surface area contributed by atoms with E-state index < -0.39 is 17.7 Å². The second-order valence-electron chi connectivity index (χ2n) is 4.27. The third kappa shape index (κ3) is 3.01. The van der Waals surface area contributed by atoms with Gasteiger partial charge in [0, 0.05) is 15.6 Å². The number of aliphatic hydroxyl groups is 1. The molecule has 0 radical (unpaired) electrons. The van der Waals surface area contributed by atoms with Crippen LogP contribution in [0.1, 0.15) is 17.2 Å². The molecule has 0 fully saturated rings. The zero-order valence-electron chi connectivity index (χ0n) is 11.4. The van der Waals surface area contributed by atoms with Gasteiger partial charge in [-0.25, -0.2) is 8.78 Å². The Labute approximate surface area is 129 Å². The van der Waals surface area contributed by atoms with Crippen molar-refractivity contribution in [1.82, 2.24) is 0 Å². The summed E-state index contributed by atoms with van der Waals surface area (Å²) in [7, 11) is 2.93. The van der Waals surface area contributed by atoms with E-state index >= 15 is 0 Å². The highest BCUT2D eigenvalue weighted by molar-refractivity contribution is 9.10. The van der Waals surface area contributed by atoms with Crippen LogP contribution in [0.5, 0.6) is 11.5 Å². The monoisotopic (exact) mass is 358 g/mol. The Balaban J connectivity index is 2.53. The predicted molar refractivity (Wildman–Crippen MR) is 77.7 cm³/mol. The molecule has 0 amide bonds. The number of methoxy groups -OCH3 is 2. The molecule has 21 heavy (non-hydrogen) atoms. The molecular weight excluding hydrogens is 346 g/mol. The number of hydrogen-bond acceptors (Lipinski definition) is 3. The Hall–Kier alpha value is -1.66. The third-order valence-electron chi connectivity index (χ3n) is 3.07. The molecule has 2 aromatic rings. The van der Waals surface area contributed by atoms with Gasteiger partial charge in [0.1, 0.15) is 6.10 Å². The molecule has 3 nitrogen and oxygen atoms in total. The van der Waals surface area contributed by atoms with Gasteiger partial charge in [0.15, 0.2) is 23.1 Å². The van der Waals surface area contributed by atoms with Crippen LogP contribution in [-0.2, 0) is 0 Å². The summed E-state index contributed by atoms with van der Waals surface area (Å²) in [5.74, 6) is -1.25. The highest BCUT2D eigenvalue weighted by Crippen LogP contribution is 2.38. The summed E-state index contributed by atoms with van der Waals surface area (Å²) in [5, 5.41) is 10.3. The minimum atomic E-state index is -1.34. The van der Waals surface area contributed by atoms with E-state index in [1.165, 1.54) is 32.4 Å². The minimum absolute atomic E-state index is 0.150. The van der Waals surface area contributed by atoms with Crippen molar-refractivity contribution in [2.75, 3.05) is 14.2 Å². The first-order chi connectivity index (χ1) is 9.99. The summed E-state index contributed by atoms with van der Waals surface area (Å²) in [6, 6.07) is 6.76. The van der Waals surface area contributed by atoms with E-state index in [4.69, 9.17) is 9.47 Å². The molecule has 0 saturated heterocycles. The highest BCUT2D eigenvalue weighted by Gasteiger charge is 2.21. The minimum Gasteiger partial charge on any atom is -0.493 e. The fraction of sp³-hybridized carbons (Fsp3) is 0.200. The molecule has 0 saturated carbocycles. The molecule has 2 rings (SSSR count). The molecule has 1 N–H and O–H groups in total. The maximum absolute atomic E-state index is 13.8. The quantitative estimate of drug-likeness (QED) is 0.902. The average molecular weight is 359 g/mol. The average Bonchev–Trinajstić information content (AvgIpc) is 2.49. The Kier molecular flexibility index (Phi) is 4.80. The van der Waals surface area contributed by atoms with Gasteiger partial charge in [-0.2, -0.15) is 0 Å². The fourth-order valence-corrected chi connectivity index (χ4v) is 2.52.